The van der Waals surface area contributed by atoms with E-state index in [1.165, 1.54) is 6.07 Å². The molecule has 0 unspecified atom stereocenters. The summed E-state index contributed by atoms with van der Waals surface area (Å²) in [5.41, 5.74) is 1.81. The molecule has 0 aliphatic carbocycles. The molecule has 4 nitrogen and oxygen atoms in total. The van der Waals surface area contributed by atoms with Crippen LogP contribution in [-0.2, 0) is 10.0 Å². The smallest absolute Gasteiger partial charge is 0.265 e. The molecule has 0 bridgehead atoms. The number of benzene rings is 2. The van der Waals surface area contributed by atoms with E-state index in [1.807, 2.05) is 13.0 Å². The second kappa shape index (κ2) is 5.46. The topological polar surface area (TPSA) is 63.2 Å². The van der Waals surface area contributed by atoms with Crippen molar-refractivity contribution < 1.29 is 13.2 Å². The first kappa shape index (κ1) is 14.3. The molecule has 1 amide bonds. The maximum absolute atomic E-state index is 12.2. The van der Waals surface area contributed by atoms with E-state index in [1.54, 1.807) is 43.3 Å². The Labute approximate surface area is 118 Å². The number of hydrogen-bond acceptors (Lipinski definition) is 3. The Hall–Kier alpha value is -2.14. The minimum Gasteiger partial charge on any atom is -0.268 e. The minimum absolute atomic E-state index is 0.112. The van der Waals surface area contributed by atoms with Gasteiger partial charge in [0, 0.05) is 5.56 Å². The monoisotopic (exact) mass is 289 g/mol. The predicted molar refractivity (Wildman–Crippen MR) is 77.0 cm³/mol. The van der Waals surface area contributed by atoms with Crippen LogP contribution in [-0.4, -0.2) is 14.3 Å². The number of carbonyl (C=O) groups is 1. The molecular weight excluding hydrogens is 274 g/mol. The zero-order valence-corrected chi connectivity index (χ0v) is 12.1. The van der Waals surface area contributed by atoms with E-state index in [9.17, 15) is 13.2 Å². The van der Waals surface area contributed by atoms with Crippen LogP contribution in [0.1, 0.15) is 21.5 Å². The highest BCUT2D eigenvalue weighted by atomic mass is 32.2. The average Bonchev–Trinajstić information content (AvgIpc) is 2.38. The van der Waals surface area contributed by atoms with Crippen molar-refractivity contribution in [2.45, 2.75) is 18.7 Å². The third-order valence-corrected chi connectivity index (χ3v) is 4.38. The zero-order chi connectivity index (χ0) is 14.8. The third-order valence-electron chi connectivity index (χ3n) is 2.89. The first-order chi connectivity index (χ1) is 9.40. The quantitative estimate of drug-likeness (QED) is 0.944. The highest BCUT2D eigenvalue weighted by Crippen LogP contribution is 2.14. The summed E-state index contributed by atoms with van der Waals surface area (Å²) >= 11 is 0. The Morgan fingerprint density at radius 3 is 2.35 bits per heavy atom. The van der Waals surface area contributed by atoms with Crippen LogP contribution < -0.4 is 4.72 Å². The number of carbonyl (C=O) groups excluding carboxylic acids is 1. The van der Waals surface area contributed by atoms with Gasteiger partial charge in [0.2, 0.25) is 0 Å². The first-order valence-electron chi connectivity index (χ1n) is 6.09. The Kier molecular flexibility index (Phi) is 3.90. The number of hydrogen-bond donors (Lipinski definition) is 1. The fourth-order valence-electron chi connectivity index (χ4n) is 1.88. The molecule has 0 radical (unpaired) electrons. The summed E-state index contributed by atoms with van der Waals surface area (Å²) in [5, 5.41) is 0. The van der Waals surface area contributed by atoms with Gasteiger partial charge >= 0.3 is 0 Å². The van der Waals surface area contributed by atoms with Crippen molar-refractivity contribution in [3.05, 3.63) is 65.2 Å². The first-order valence-corrected chi connectivity index (χ1v) is 7.58. The molecule has 0 spiro atoms. The van der Waals surface area contributed by atoms with E-state index in [4.69, 9.17) is 0 Å². The maximum atomic E-state index is 12.2. The summed E-state index contributed by atoms with van der Waals surface area (Å²) in [6, 6.07) is 13.3. The lowest BCUT2D eigenvalue weighted by Gasteiger charge is -2.09. The van der Waals surface area contributed by atoms with Gasteiger partial charge in [-0.15, -0.1) is 0 Å². The molecule has 0 atom stereocenters. The molecule has 1 N–H and O–H groups in total. The van der Waals surface area contributed by atoms with Crippen LogP contribution >= 0.6 is 0 Å². The molecule has 0 aliphatic heterocycles. The molecule has 0 saturated carbocycles. The lowest BCUT2D eigenvalue weighted by Crippen LogP contribution is -2.31. The molecule has 0 fully saturated rings. The fraction of sp³-hybridized carbons (Fsp3) is 0.133. The van der Waals surface area contributed by atoms with E-state index < -0.39 is 15.9 Å². The van der Waals surface area contributed by atoms with Crippen molar-refractivity contribution in [1.29, 1.82) is 0 Å². The summed E-state index contributed by atoms with van der Waals surface area (Å²) in [7, 11) is -3.85. The van der Waals surface area contributed by atoms with Crippen LogP contribution in [0.4, 0.5) is 0 Å². The molecule has 0 aromatic heterocycles. The SMILES string of the molecule is Cc1cccc(C(=O)NS(=O)(=O)c2ccccc2C)c1. The van der Waals surface area contributed by atoms with Gasteiger partial charge in [-0.3, -0.25) is 4.79 Å². The normalized spacial score (nSPS) is 11.1. The van der Waals surface area contributed by atoms with Gasteiger partial charge in [0.15, 0.2) is 0 Å². The van der Waals surface area contributed by atoms with Crippen LogP contribution in [0.2, 0.25) is 0 Å². The van der Waals surface area contributed by atoms with Gasteiger partial charge in [-0.05, 0) is 37.6 Å². The van der Waals surface area contributed by atoms with Crippen LogP contribution in [0.15, 0.2) is 53.4 Å². The second-order valence-corrected chi connectivity index (χ2v) is 6.22. The van der Waals surface area contributed by atoms with Gasteiger partial charge < -0.3 is 0 Å². The van der Waals surface area contributed by atoms with Crippen molar-refractivity contribution in [1.82, 2.24) is 4.72 Å². The third kappa shape index (κ3) is 3.05. The Balaban J connectivity index is 2.30. The van der Waals surface area contributed by atoms with Crippen molar-refractivity contribution in [2.75, 3.05) is 0 Å². The summed E-state index contributed by atoms with van der Waals surface area (Å²) in [4.78, 5) is 12.1. The number of sulfonamides is 1. The molecule has 2 rings (SSSR count). The van der Waals surface area contributed by atoms with Crippen LogP contribution in [0.25, 0.3) is 0 Å². The van der Waals surface area contributed by atoms with E-state index in [0.717, 1.165) is 5.56 Å². The highest BCUT2D eigenvalue weighted by Gasteiger charge is 2.20. The second-order valence-electron chi connectivity index (χ2n) is 4.57. The van der Waals surface area contributed by atoms with Gasteiger partial charge in [0.05, 0.1) is 4.90 Å². The average molecular weight is 289 g/mol. The zero-order valence-electron chi connectivity index (χ0n) is 11.3. The van der Waals surface area contributed by atoms with E-state index >= 15 is 0 Å². The number of nitrogens with one attached hydrogen (secondary N) is 1. The van der Waals surface area contributed by atoms with Gasteiger partial charge in [-0.2, -0.15) is 0 Å². The predicted octanol–water partition coefficient (Wildman–Crippen LogP) is 2.42. The van der Waals surface area contributed by atoms with Crippen LogP contribution in [0.3, 0.4) is 0 Å². The van der Waals surface area contributed by atoms with Gasteiger partial charge in [-0.25, -0.2) is 13.1 Å². The van der Waals surface area contributed by atoms with Crippen molar-refractivity contribution in [3.63, 3.8) is 0 Å². The van der Waals surface area contributed by atoms with Crippen LogP contribution in [0.5, 0.6) is 0 Å². The lowest BCUT2D eigenvalue weighted by atomic mass is 10.1. The van der Waals surface area contributed by atoms with Crippen molar-refractivity contribution in [3.8, 4) is 0 Å². The molecule has 0 heterocycles. The highest BCUT2D eigenvalue weighted by molar-refractivity contribution is 7.90. The Bertz CT molecular complexity index is 751. The number of amides is 1. The molecule has 0 aliphatic rings. The van der Waals surface area contributed by atoms with Gasteiger partial charge in [0.25, 0.3) is 15.9 Å². The Morgan fingerprint density at radius 1 is 1.00 bits per heavy atom. The number of aryl methyl sites for hydroxylation is 2. The van der Waals surface area contributed by atoms with Gasteiger partial charge in [0.1, 0.15) is 0 Å². The lowest BCUT2D eigenvalue weighted by molar-refractivity contribution is 0.0981. The minimum atomic E-state index is -3.85. The maximum Gasteiger partial charge on any atom is 0.265 e. The molecule has 20 heavy (non-hydrogen) atoms. The van der Waals surface area contributed by atoms with E-state index in [-0.39, 0.29) is 4.90 Å². The standard InChI is InChI=1S/C15H15NO3S/c1-11-6-5-8-13(10-11)15(17)16-20(18,19)14-9-4-3-7-12(14)2/h3-10H,1-2H3,(H,16,17). The van der Waals surface area contributed by atoms with Gasteiger partial charge in [-0.1, -0.05) is 35.9 Å². The summed E-state index contributed by atoms with van der Waals surface area (Å²) in [6.45, 7) is 3.53. The molecule has 5 heteroatoms. The van der Waals surface area contributed by atoms with Crippen molar-refractivity contribution in [2.24, 2.45) is 0 Å². The molecule has 2 aromatic carbocycles. The summed E-state index contributed by atoms with van der Waals surface area (Å²) in [5.74, 6) is -0.628. The van der Waals surface area contributed by atoms with E-state index in [2.05, 4.69) is 4.72 Å². The molecule has 2 aromatic rings. The van der Waals surface area contributed by atoms with Crippen molar-refractivity contribution >= 4 is 15.9 Å². The number of rotatable bonds is 3. The summed E-state index contributed by atoms with van der Waals surface area (Å²) in [6.07, 6.45) is 0. The van der Waals surface area contributed by atoms with E-state index in [0.29, 0.717) is 11.1 Å². The largest absolute Gasteiger partial charge is 0.268 e. The molecule has 104 valence electrons. The molecular formula is C15H15NO3S. The fourth-order valence-corrected chi connectivity index (χ4v) is 3.10. The summed E-state index contributed by atoms with van der Waals surface area (Å²) < 4.78 is 26.5. The van der Waals surface area contributed by atoms with Crippen LogP contribution in [0, 0.1) is 13.8 Å². The molecule has 0 saturated heterocycles. The Morgan fingerprint density at radius 2 is 1.70 bits per heavy atom.